The molecule has 1 aromatic rings. The van der Waals surface area contributed by atoms with Crippen LogP contribution in [0.1, 0.15) is 57.9 Å². The largest absolute Gasteiger partial charge is 0.461 e. The molecule has 3 atom stereocenters. The third-order valence-electron chi connectivity index (χ3n) is 5.76. The van der Waals surface area contributed by atoms with Crippen LogP contribution in [0.2, 0.25) is 0 Å². The molecule has 1 saturated carbocycles. The Morgan fingerprint density at radius 1 is 1.25 bits per heavy atom. The molecule has 1 aliphatic rings. The molecule has 8 heteroatoms. The van der Waals surface area contributed by atoms with Gasteiger partial charge in [0.05, 0.1) is 11.8 Å². The van der Waals surface area contributed by atoms with Crippen molar-refractivity contribution in [2.45, 2.75) is 70.9 Å². The molecule has 0 aliphatic heterocycles. The summed E-state index contributed by atoms with van der Waals surface area (Å²) < 4.78 is 5.67. The van der Waals surface area contributed by atoms with Gasteiger partial charge in [-0.05, 0) is 56.1 Å². The molecular formula is C24H35N3O5. The quantitative estimate of drug-likeness (QED) is 0.197. The minimum absolute atomic E-state index is 0.117. The summed E-state index contributed by atoms with van der Waals surface area (Å²) in [5.74, 6) is -2.98. The van der Waals surface area contributed by atoms with Gasteiger partial charge in [-0.25, -0.2) is 10.3 Å². The first-order valence-corrected chi connectivity index (χ1v) is 11.3. The second kappa shape index (κ2) is 13.0. The highest BCUT2D eigenvalue weighted by atomic mass is 16.5. The van der Waals surface area contributed by atoms with Crippen LogP contribution in [0.15, 0.2) is 37.2 Å². The Kier molecular flexibility index (Phi) is 10.3. The normalized spacial score (nSPS) is 16.8. The van der Waals surface area contributed by atoms with Crippen LogP contribution in [0.4, 0.5) is 0 Å². The van der Waals surface area contributed by atoms with Crippen molar-refractivity contribution >= 4 is 17.8 Å². The Morgan fingerprint density at radius 3 is 2.53 bits per heavy atom. The number of hydrogen-bond donors (Lipinski definition) is 3. The highest BCUT2D eigenvalue weighted by Crippen LogP contribution is 2.26. The van der Waals surface area contributed by atoms with Crippen molar-refractivity contribution in [3.8, 4) is 0 Å². The van der Waals surface area contributed by atoms with E-state index in [1.165, 1.54) is 0 Å². The molecule has 0 aromatic carbocycles. The number of amides is 2. The Labute approximate surface area is 189 Å². The van der Waals surface area contributed by atoms with E-state index in [1.54, 1.807) is 30.0 Å². The number of carbonyl (C=O) groups is 3. The number of pyridine rings is 1. The number of ether oxygens (including phenoxy) is 1. The van der Waals surface area contributed by atoms with Gasteiger partial charge in [0.15, 0.2) is 0 Å². The van der Waals surface area contributed by atoms with Gasteiger partial charge in [-0.3, -0.25) is 19.8 Å². The summed E-state index contributed by atoms with van der Waals surface area (Å²) in [7, 11) is 0. The molecule has 176 valence electrons. The van der Waals surface area contributed by atoms with Crippen LogP contribution in [-0.4, -0.2) is 40.1 Å². The number of carbonyl (C=O) groups excluding carboxylic acids is 3. The second-order valence-corrected chi connectivity index (χ2v) is 8.81. The topological polar surface area (TPSA) is 118 Å². The minimum Gasteiger partial charge on any atom is -0.461 e. The summed E-state index contributed by atoms with van der Waals surface area (Å²) >= 11 is 0. The maximum atomic E-state index is 13.3. The number of nitrogens with zero attached hydrogens (tertiary/aromatic N) is 1. The molecule has 3 N–H and O–H groups in total. The van der Waals surface area contributed by atoms with Gasteiger partial charge in [-0.15, -0.1) is 6.58 Å². The molecule has 2 rings (SSSR count). The van der Waals surface area contributed by atoms with Gasteiger partial charge in [0.1, 0.15) is 12.1 Å². The summed E-state index contributed by atoms with van der Waals surface area (Å²) in [5, 5.41) is 12.0. The van der Waals surface area contributed by atoms with Gasteiger partial charge in [-0.1, -0.05) is 26.0 Å². The van der Waals surface area contributed by atoms with E-state index >= 15 is 0 Å². The fourth-order valence-corrected chi connectivity index (χ4v) is 4.16. The zero-order valence-electron chi connectivity index (χ0n) is 19.0. The number of hydroxylamine groups is 1. The van der Waals surface area contributed by atoms with Crippen molar-refractivity contribution in [3.05, 3.63) is 42.7 Å². The van der Waals surface area contributed by atoms with Crippen LogP contribution in [0.25, 0.3) is 0 Å². The molecule has 3 unspecified atom stereocenters. The molecule has 0 bridgehead atoms. The maximum Gasteiger partial charge on any atom is 0.329 e. The third-order valence-corrected chi connectivity index (χ3v) is 5.76. The molecule has 0 saturated heterocycles. The molecule has 0 spiro atoms. The Balaban J connectivity index is 2.23. The lowest BCUT2D eigenvalue weighted by Crippen LogP contribution is -2.49. The average molecular weight is 446 g/mol. The van der Waals surface area contributed by atoms with Gasteiger partial charge < -0.3 is 10.1 Å². The van der Waals surface area contributed by atoms with E-state index in [1.807, 2.05) is 19.9 Å². The van der Waals surface area contributed by atoms with E-state index < -0.39 is 35.7 Å². The van der Waals surface area contributed by atoms with Crippen LogP contribution in [0.3, 0.4) is 0 Å². The summed E-state index contributed by atoms with van der Waals surface area (Å²) in [5.41, 5.74) is 2.45. The first-order valence-electron chi connectivity index (χ1n) is 11.3. The number of aromatic nitrogens is 1. The molecule has 1 fully saturated rings. The number of rotatable bonds is 12. The molecule has 1 aromatic heterocycles. The van der Waals surface area contributed by atoms with E-state index in [9.17, 15) is 19.6 Å². The SMILES string of the molecule is C=CCC(C(=O)NO)C(CC(C)C)C(=O)NC(Cc1cccnc1)C(=O)OC1CCCC1. The monoisotopic (exact) mass is 445 g/mol. The van der Waals surface area contributed by atoms with E-state index in [0.717, 1.165) is 31.2 Å². The fraction of sp³-hybridized carbons (Fsp3) is 0.583. The van der Waals surface area contributed by atoms with Gasteiger partial charge in [0, 0.05) is 18.8 Å². The Bertz CT molecular complexity index is 762. The smallest absolute Gasteiger partial charge is 0.329 e. The predicted molar refractivity (Wildman–Crippen MR) is 119 cm³/mol. The van der Waals surface area contributed by atoms with E-state index in [-0.39, 0.29) is 24.9 Å². The number of nitrogens with one attached hydrogen (secondary N) is 2. The first kappa shape index (κ1) is 25.5. The van der Waals surface area contributed by atoms with Gasteiger partial charge in [-0.2, -0.15) is 0 Å². The zero-order valence-corrected chi connectivity index (χ0v) is 19.0. The number of hydrogen-bond acceptors (Lipinski definition) is 6. The maximum absolute atomic E-state index is 13.3. The van der Waals surface area contributed by atoms with Crippen LogP contribution in [-0.2, 0) is 25.5 Å². The summed E-state index contributed by atoms with van der Waals surface area (Å²) in [4.78, 5) is 42.7. The molecule has 1 heterocycles. The van der Waals surface area contributed by atoms with Crippen molar-refractivity contribution in [3.63, 3.8) is 0 Å². The summed E-state index contributed by atoms with van der Waals surface area (Å²) in [6, 6.07) is 2.70. The molecular weight excluding hydrogens is 410 g/mol. The number of esters is 1. The van der Waals surface area contributed by atoms with E-state index in [0.29, 0.717) is 6.42 Å². The molecule has 32 heavy (non-hydrogen) atoms. The van der Waals surface area contributed by atoms with Crippen molar-refractivity contribution in [1.82, 2.24) is 15.8 Å². The molecule has 1 aliphatic carbocycles. The van der Waals surface area contributed by atoms with Crippen LogP contribution < -0.4 is 10.8 Å². The zero-order chi connectivity index (χ0) is 23.5. The highest BCUT2D eigenvalue weighted by molar-refractivity contribution is 5.90. The molecule has 8 nitrogen and oxygen atoms in total. The highest BCUT2D eigenvalue weighted by Gasteiger charge is 2.36. The van der Waals surface area contributed by atoms with Crippen LogP contribution in [0, 0.1) is 17.8 Å². The lowest BCUT2D eigenvalue weighted by atomic mass is 9.82. The van der Waals surface area contributed by atoms with Crippen molar-refractivity contribution in [2.75, 3.05) is 0 Å². The van der Waals surface area contributed by atoms with E-state index in [2.05, 4.69) is 16.9 Å². The Hall–Kier alpha value is -2.74. The lowest BCUT2D eigenvalue weighted by Gasteiger charge is -2.28. The fourth-order valence-electron chi connectivity index (χ4n) is 4.16. The lowest BCUT2D eigenvalue weighted by molar-refractivity contribution is -0.153. The van der Waals surface area contributed by atoms with Crippen LogP contribution >= 0.6 is 0 Å². The molecule has 2 amide bonds. The third kappa shape index (κ3) is 7.75. The average Bonchev–Trinajstić information content (AvgIpc) is 3.28. The van der Waals surface area contributed by atoms with Crippen molar-refractivity contribution in [2.24, 2.45) is 17.8 Å². The van der Waals surface area contributed by atoms with Gasteiger partial charge >= 0.3 is 5.97 Å². The van der Waals surface area contributed by atoms with Crippen molar-refractivity contribution in [1.29, 1.82) is 0 Å². The van der Waals surface area contributed by atoms with Crippen molar-refractivity contribution < 1.29 is 24.3 Å². The summed E-state index contributed by atoms with van der Waals surface area (Å²) in [6.07, 6.45) is 9.26. The molecule has 0 radical (unpaired) electrons. The van der Waals surface area contributed by atoms with Gasteiger partial charge in [0.25, 0.3) is 0 Å². The summed E-state index contributed by atoms with van der Waals surface area (Å²) in [6.45, 7) is 7.56. The van der Waals surface area contributed by atoms with Crippen LogP contribution in [0.5, 0.6) is 0 Å². The standard InChI is InChI=1S/C24H35N3O5/c1-4-8-19(23(29)27-31)20(13-16(2)3)22(28)26-21(14-17-9-7-12-25-15-17)24(30)32-18-10-5-6-11-18/h4,7,9,12,15-16,18-21,31H,1,5-6,8,10-11,13-14H2,2-3H3,(H,26,28)(H,27,29). The van der Waals surface area contributed by atoms with E-state index in [4.69, 9.17) is 4.74 Å². The Morgan fingerprint density at radius 2 is 1.97 bits per heavy atom. The minimum atomic E-state index is -0.900. The predicted octanol–water partition coefficient (Wildman–Crippen LogP) is 2.95. The van der Waals surface area contributed by atoms with Gasteiger partial charge in [0.2, 0.25) is 11.8 Å². The first-order chi connectivity index (χ1) is 15.3. The number of allylic oxidation sites excluding steroid dienone is 1. The second-order valence-electron chi connectivity index (χ2n) is 8.81.